The summed E-state index contributed by atoms with van der Waals surface area (Å²) in [5, 5.41) is 10.8. The van der Waals surface area contributed by atoms with Crippen LogP contribution < -0.4 is 9.64 Å². The molecule has 0 bridgehead atoms. The Balaban J connectivity index is 1.75. The first-order valence-electron chi connectivity index (χ1n) is 7.63. The van der Waals surface area contributed by atoms with Crippen LogP contribution in [-0.2, 0) is 5.60 Å². The van der Waals surface area contributed by atoms with E-state index in [1.54, 1.807) is 25.3 Å². The van der Waals surface area contributed by atoms with Gasteiger partial charge in [-0.15, -0.1) is 0 Å². The fraction of sp³-hybridized carbons (Fsp3) is 0.412. The molecule has 1 aliphatic heterocycles. The number of methoxy groups -OCH3 is 1. The number of hydrogen-bond acceptors (Lipinski definition) is 5. The Bertz CT molecular complexity index is 683. The van der Waals surface area contributed by atoms with Crippen molar-refractivity contribution in [3.63, 3.8) is 0 Å². The molecule has 0 spiro atoms. The molecule has 0 radical (unpaired) electrons. The summed E-state index contributed by atoms with van der Waals surface area (Å²) >= 11 is 0. The highest BCUT2D eigenvalue weighted by atomic mass is 19.1. The number of aromatic nitrogens is 2. The van der Waals surface area contributed by atoms with Crippen molar-refractivity contribution < 1.29 is 14.2 Å². The summed E-state index contributed by atoms with van der Waals surface area (Å²) in [6.45, 7) is 3.15. The molecular formula is C17H20FN3O2. The molecule has 3 rings (SSSR count). The van der Waals surface area contributed by atoms with E-state index in [9.17, 15) is 9.50 Å². The first kappa shape index (κ1) is 15.7. The highest BCUT2D eigenvalue weighted by molar-refractivity contribution is 5.36. The summed E-state index contributed by atoms with van der Waals surface area (Å²) in [6.07, 6.45) is 1.08. The van der Waals surface area contributed by atoms with Gasteiger partial charge in [-0.05, 0) is 37.5 Å². The molecule has 0 aliphatic carbocycles. The van der Waals surface area contributed by atoms with Crippen LogP contribution >= 0.6 is 0 Å². The second kappa shape index (κ2) is 6.12. The van der Waals surface area contributed by atoms with Gasteiger partial charge in [0.25, 0.3) is 0 Å². The lowest BCUT2D eigenvalue weighted by Gasteiger charge is -2.38. The lowest BCUT2D eigenvalue weighted by atomic mass is 9.84. The average molecular weight is 317 g/mol. The van der Waals surface area contributed by atoms with E-state index in [0.717, 1.165) is 11.3 Å². The van der Waals surface area contributed by atoms with Crippen molar-refractivity contribution in [1.82, 2.24) is 9.97 Å². The maximum Gasteiger partial charge on any atom is 0.228 e. The average Bonchev–Trinajstić information content (AvgIpc) is 2.55. The van der Waals surface area contributed by atoms with E-state index in [-0.39, 0.29) is 5.82 Å². The van der Waals surface area contributed by atoms with Gasteiger partial charge in [0.2, 0.25) is 11.8 Å². The predicted octanol–water partition coefficient (Wildman–Crippen LogP) is 2.42. The fourth-order valence-electron chi connectivity index (χ4n) is 2.90. The lowest BCUT2D eigenvalue weighted by molar-refractivity contribution is 0.0114. The molecule has 1 fully saturated rings. The zero-order valence-electron chi connectivity index (χ0n) is 13.3. The second-order valence-corrected chi connectivity index (χ2v) is 5.88. The van der Waals surface area contributed by atoms with Gasteiger partial charge in [0.1, 0.15) is 5.82 Å². The number of rotatable bonds is 3. The second-order valence-electron chi connectivity index (χ2n) is 5.88. The Morgan fingerprint density at radius 2 is 1.83 bits per heavy atom. The summed E-state index contributed by atoms with van der Waals surface area (Å²) in [4.78, 5) is 10.8. The Morgan fingerprint density at radius 1 is 1.17 bits per heavy atom. The zero-order chi connectivity index (χ0) is 16.4. The maximum atomic E-state index is 13.1. The number of aryl methyl sites for hydroxylation is 1. The number of halogens is 1. The third kappa shape index (κ3) is 3.27. The molecule has 23 heavy (non-hydrogen) atoms. The van der Waals surface area contributed by atoms with E-state index in [1.165, 1.54) is 12.1 Å². The Hall–Kier alpha value is -2.21. The molecule has 2 heterocycles. The molecule has 1 saturated heterocycles. The molecule has 0 unspecified atom stereocenters. The van der Waals surface area contributed by atoms with E-state index >= 15 is 0 Å². The highest BCUT2D eigenvalue weighted by Crippen LogP contribution is 2.34. The van der Waals surface area contributed by atoms with E-state index in [4.69, 9.17) is 4.74 Å². The van der Waals surface area contributed by atoms with Crippen LogP contribution in [-0.4, -0.2) is 35.3 Å². The van der Waals surface area contributed by atoms with Gasteiger partial charge in [0, 0.05) is 24.8 Å². The van der Waals surface area contributed by atoms with Gasteiger partial charge in [-0.1, -0.05) is 12.1 Å². The topological polar surface area (TPSA) is 58.5 Å². The van der Waals surface area contributed by atoms with Crippen molar-refractivity contribution in [3.8, 4) is 5.88 Å². The van der Waals surface area contributed by atoms with Crippen LogP contribution in [0.25, 0.3) is 0 Å². The van der Waals surface area contributed by atoms with Crippen molar-refractivity contribution in [2.24, 2.45) is 0 Å². The normalized spacial score (nSPS) is 17.1. The van der Waals surface area contributed by atoms with Gasteiger partial charge in [0.15, 0.2) is 0 Å². The third-order valence-corrected chi connectivity index (χ3v) is 4.28. The Kier molecular flexibility index (Phi) is 4.17. The standard InChI is InChI=1S/C17H20FN3O2/c1-12-11-15(23-2)20-16(19-12)21-9-7-17(22,8-10-21)13-3-5-14(18)6-4-13/h3-6,11,22H,7-10H2,1-2H3. The van der Waals surface area contributed by atoms with Crippen LogP contribution in [0.5, 0.6) is 5.88 Å². The van der Waals surface area contributed by atoms with Crippen LogP contribution in [0.1, 0.15) is 24.1 Å². The third-order valence-electron chi connectivity index (χ3n) is 4.28. The molecule has 5 nitrogen and oxygen atoms in total. The summed E-state index contributed by atoms with van der Waals surface area (Å²) in [5.74, 6) is 0.852. The molecular weight excluding hydrogens is 297 g/mol. The Morgan fingerprint density at radius 3 is 2.43 bits per heavy atom. The van der Waals surface area contributed by atoms with Gasteiger partial charge in [-0.3, -0.25) is 0 Å². The number of anilines is 1. The molecule has 122 valence electrons. The summed E-state index contributed by atoms with van der Waals surface area (Å²) in [7, 11) is 1.58. The first-order valence-corrected chi connectivity index (χ1v) is 7.63. The quantitative estimate of drug-likeness (QED) is 0.942. The van der Waals surface area contributed by atoms with E-state index in [2.05, 4.69) is 9.97 Å². The van der Waals surface area contributed by atoms with Gasteiger partial charge in [-0.25, -0.2) is 9.37 Å². The fourth-order valence-corrected chi connectivity index (χ4v) is 2.90. The van der Waals surface area contributed by atoms with Crippen LogP contribution in [0.3, 0.4) is 0 Å². The first-order chi connectivity index (χ1) is 11.0. The van der Waals surface area contributed by atoms with Crippen molar-refractivity contribution in [2.45, 2.75) is 25.4 Å². The van der Waals surface area contributed by atoms with Crippen LogP contribution in [0, 0.1) is 12.7 Å². The summed E-state index contributed by atoms with van der Waals surface area (Å²) in [5.41, 5.74) is 0.658. The van der Waals surface area contributed by atoms with Gasteiger partial charge in [-0.2, -0.15) is 4.98 Å². The van der Waals surface area contributed by atoms with Gasteiger partial charge < -0.3 is 14.7 Å². The summed E-state index contributed by atoms with van der Waals surface area (Å²) < 4.78 is 18.2. The number of aliphatic hydroxyl groups is 1. The molecule has 6 heteroatoms. The number of piperidine rings is 1. The SMILES string of the molecule is COc1cc(C)nc(N2CCC(O)(c3ccc(F)cc3)CC2)n1. The maximum absolute atomic E-state index is 13.1. The lowest BCUT2D eigenvalue weighted by Crippen LogP contribution is -2.43. The van der Waals surface area contributed by atoms with E-state index in [1.807, 2.05) is 11.8 Å². The van der Waals surface area contributed by atoms with Crippen LogP contribution in [0.4, 0.5) is 10.3 Å². The monoisotopic (exact) mass is 317 g/mol. The molecule has 1 aromatic carbocycles. The summed E-state index contributed by atoms with van der Waals surface area (Å²) in [6, 6.07) is 7.85. The minimum atomic E-state index is -0.932. The van der Waals surface area contributed by atoms with Gasteiger partial charge >= 0.3 is 0 Å². The minimum absolute atomic E-state index is 0.296. The van der Waals surface area contributed by atoms with Crippen molar-refractivity contribution >= 4 is 5.95 Å². The largest absolute Gasteiger partial charge is 0.481 e. The smallest absolute Gasteiger partial charge is 0.228 e. The van der Waals surface area contributed by atoms with Crippen LogP contribution in [0.15, 0.2) is 30.3 Å². The molecule has 2 aromatic rings. The Labute approximate surface area is 134 Å². The molecule has 1 N–H and O–H groups in total. The molecule has 0 amide bonds. The van der Waals surface area contributed by atoms with Crippen LogP contribution in [0.2, 0.25) is 0 Å². The zero-order valence-corrected chi connectivity index (χ0v) is 13.3. The highest BCUT2D eigenvalue weighted by Gasteiger charge is 2.34. The molecule has 0 saturated carbocycles. The molecule has 0 atom stereocenters. The number of nitrogens with zero attached hydrogens (tertiary/aromatic N) is 3. The van der Waals surface area contributed by atoms with Gasteiger partial charge in [0.05, 0.1) is 12.7 Å². The molecule has 1 aliphatic rings. The predicted molar refractivity (Wildman–Crippen MR) is 85.1 cm³/mol. The van der Waals surface area contributed by atoms with Crippen molar-refractivity contribution in [1.29, 1.82) is 0 Å². The van der Waals surface area contributed by atoms with Crippen molar-refractivity contribution in [3.05, 3.63) is 47.4 Å². The number of benzene rings is 1. The number of ether oxygens (including phenoxy) is 1. The van der Waals surface area contributed by atoms with E-state index < -0.39 is 5.60 Å². The number of hydrogen-bond donors (Lipinski definition) is 1. The molecule has 1 aromatic heterocycles. The van der Waals surface area contributed by atoms with Crippen molar-refractivity contribution in [2.75, 3.05) is 25.1 Å². The minimum Gasteiger partial charge on any atom is -0.481 e. The van der Waals surface area contributed by atoms with E-state index in [0.29, 0.717) is 37.8 Å².